The Labute approximate surface area is 781 Å². The standard InChI is InChI=1S/C36H44N4.C17H10F2N.2C11H6F2N.C11H8N.2C6H5NO2.3Ir.2Pt/c1-9-21-22(10-2)30-18-32-25(13-5)26(14-6)34(39-32)20-36-28(16-8)27(15-7)35(40-36)19-33-24(12-4)23(11-3)31(38-33)17-29(21)37-30;18-13-6-4-12(5-7-13)16-11-14(19)8-9-15(16)17-3-1-2-10-20-17;2*12-8-4-5-9(10(13)7-8)11-3-1-2-6-14-11;1-2-6-10(7-3-1)11-8-4-5-9-12-11;2*8-6(9)5-3-1-2-4-7-5;;;;;/h17-20H,9-16H2,1-8H3;1-8,10-11H;2*1-4,6-7H;1-6,8-9H;2*1-4H,(H,8,9);;;;;/q-2;4*-1;;;;;;;+2. The van der Waals surface area contributed by atoms with Gasteiger partial charge in [-0.15, -0.1) is 106 Å². The first-order valence-corrected chi connectivity index (χ1v) is 38.6. The molecule has 0 amide bonds. The number of hydrogen-bond acceptors (Lipinski definition) is 10. The maximum atomic E-state index is 13.5. The van der Waals surface area contributed by atoms with Gasteiger partial charge in [0.25, 0.3) is 0 Å². The fourth-order valence-electron chi connectivity index (χ4n) is 13.3. The number of aryl methyl sites for hydroxylation is 4. The number of halogens is 6. The summed E-state index contributed by atoms with van der Waals surface area (Å²) in [6.07, 6.45) is 17.0. The van der Waals surface area contributed by atoms with E-state index in [4.69, 9.17) is 30.1 Å². The second-order valence-corrected chi connectivity index (χ2v) is 26.1. The van der Waals surface area contributed by atoms with Crippen LogP contribution in [0.5, 0.6) is 0 Å². The second-order valence-electron chi connectivity index (χ2n) is 26.1. The zero-order valence-corrected chi connectivity index (χ0v) is 79.7. The molecule has 0 unspecified atom stereocenters. The largest absolute Gasteiger partial charge is 2.00 e. The Kier molecular flexibility index (Phi) is 43.7. The molecule has 0 aliphatic carbocycles. The predicted octanol–water partition coefficient (Wildman–Crippen LogP) is 23.5. The molecule has 2 aliphatic heterocycles. The summed E-state index contributed by atoms with van der Waals surface area (Å²) < 4.78 is 78.1. The summed E-state index contributed by atoms with van der Waals surface area (Å²) in [6.45, 7) is 17.9. The van der Waals surface area contributed by atoms with E-state index in [1.165, 1.54) is 93.3 Å². The molecule has 2 aliphatic rings. The predicted molar refractivity (Wildman–Crippen MR) is 453 cm³/mol. The zero-order chi connectivity index (χ0) is 84.0. The van der Waals surface area contributed by atoms with Gasteiger partial charge in [-0.3, -0.25) is 22.0 Å². The van der Waals surface area contributed by atoms with Crippen LogP contribution in [0.3, 0.4) is 0 Å². The Hall–Kier alpha value is -10.6. The third-order valence-corrected chi connectivity index (χ3v) is 18.8. The summed E-state index contributed by atoms with van der Waals surface area (Å²) in [6, 6.07) is 71.4. The van der Waals surface area contributed by atoms with Crippen LogP contribution in [0.25, 0.3) is 101 Å². The number of nitrogens with zero attached hydrogens (tertiary/aromatic N) is 10. The van der Waals surface area contributed by atoms with Crippen molar-refractivity contribution in [3.8, 4) is 56.2 Å². The molecule has 123 heavy (non-hydrogen) atoms. The van der Waals surface area contributed by atoms with Crippen molar-refractivity contribution in [2.24, 2.45) is 0 Å². The van der Waals surface area contributed by atoms with Crippen molar-refractivity contribution in [1.29, 1.82) is 0 Å². The molecule has 3 radical (unpaired) electrons. The average Bonchev–Trinajstić information content (AvgIpc) is 1.61. The van der Waals surface area contributed by atoms with Gasteiger partial charge in [-0.05, 0) is 157 Å². The normalized spacial score (nSPS) is 10.7. The van der Waals surface area contributed by atoms with E-state index < -0.39 is 35.2 Å². The molecule has 16 rings (SSSR count). The molecule has 9 aromatic heterocycles. The Morgan fingerprint density at radius 1 is 0.333 bits per heavy atom. The van der Waals surface area contributed by atoms with Crippen LogP contribution in [-0.4, -0.2) is 62.0 Å². The first-order valence-electron chi connectivity index (χ1n) is 38.6. The van der Waals surface area contributed by atoms with Crippen molar-refractivity contribution in [1.82, 2.24) is 49.8 Å². The SMILES string of the molecule is CCC1=C(CC)c2cc3[n-]c(cc4nc(cc5[n-]c(cc1n2)c(CC)c5CC)C(CC)=C4CC)c(CC)c3CC.Fc1c[c-]c(-c2ccccn2)c(F)c1.Fc1c[c-]c(-c2ccccn2)c(F)c1.Fc1ccc(-c2cc(F)c[c-]c2-c2ccccn2)cc1.O=C(O)c1ccccn1.O=C(O)c1ccccn1.[Ir].[Ir].[Ir].[Pt+2].[Pt].[c-]1ccccc1-c1ccccn1. The molecule has 11 heterocycles. The molecule has 0 fully saturated rings. The molecule has 0 saturated carbocycles. The molecule has 0 spiro atoms. The van der Waals surface area contributed by atoms with Gasteiger partial charge in [-0.2, -0.15) is 0 Å². The number of fused-ring (bicyclic) bond motifs is 8. The summed E-state index contributed by atoms with van der Waals surface area (Å²) in [4.78, 5) is 64.8. The van der Waals surface area contributed by atoms with Gasteiger partial charge in [-0.1, -0.05) is 209 Å². The third-order valence-electron chi connectivity index (χ3n) is 18.8. The number of carboxylic acid groups (broad SMARTS) is 2. The number of aromatic carboxylic acids is 2. The maximum Gasteiger partial charge on any atom is 2.00 e. The van der Waals surface area contributed by atoms with Crippen molar-refractivity contribution in [2.75, 3.05) is 0 Å². The minimum Gasteiger partial charge on any atom is -0.657 e. The zero-order valence-electron chi connectivity index (χ0n) is 68.0. The molecule has 25 heteroatoms. The minimum atomic E-state index is -0.990. The molecule has 0 atom stereocenters. The van der Waals surface area contributed by atoms with Crippen molar-refractivity contribution >= 4 is 56.3 Å². The van der Waals surface area contributed by atoms with Crippen LogP contribution in [-0.2, 0) is 128 Å². The summed E-state index contributed by atoms with van der Waals surface area (Å²) in [5.41, 5.74) is 25.3. The van der Waals surface area contributed by atoms with Crippen molar-refractivity contribution in [3.05, 3.63) is 371 Å². The molecule has 14 aromatic rings. The summed E-state index contributed by atoms with van der Waals surface area (Å²) in [5.74, 6) is -5.26. The summed E-state index contributed by atoms with van der Waals surface area (Å²) >= 11 is 0. The minimum absolute atomic E-state index is 0. The molecule has 14 nitrogen and oxygen atoms in total. The first kappa shape index (κ1) is 103. The number of rotatable bonds is 15. The topological polar surface area (TPSA) is 206 Å². The summed E-state index contributed by atoms with van der Waals surface area (Å²) in [7, 11) is 0. The number of carbonyl (C=O) groups is 2. The van der Waals surface area contributed by atoms with Gasteiger partial charge in [0, 0.05) is 148 Å². The van der Waals surface area contributed by atoms with Crippen molar-refractivity contribution < 1.29 is 149 Å². The third kappa shape index (κ3) is 28.0. The molecule has 5 aromatic carbocycles. The van der Waals surface area contributed by atoms with Gasteiger partial charge in [0.1, 0.15) is 17.2 Å². The molecule has 0 saturated heterocycles. The van der Waals surface area contributed by atoms with Gasteiger partial charge in [-0.25, -0.2) is 33.9 Å². The van der Waals surface area contributed by atoms with E-state index in [1.54, 1.807) is 97.6 Å². The van der Waals surface area contributed by atoms with Crippen LogP contribution >= 0.6 is 0 Å². The van der Waals surface area contributed by atoms with Gasteiger partial charge < -0.3 is 40.1 Å². The Bertz CT molecular complexity index is 5550. The molecule has 8 bridgehead atoms. The molecular weight excluding hydrogens is 2460 g/mol. The van der Waals surface area contributed by atoms with Crippen LogP contribution in [0.15, 0.2) is 256 Å². The van der Waals surface area contributed by atoms with Crippen LogP contribution < -0.4 is 9.97 Å². The van der Waals surface area contributed by atoms with Crippen LogP contribution in [0.4, 0.5) is 26.3 Å². The fourth-order valence-corrected chi connectivity index (χ4v) is 13.3. The smallest absolute Gasteiger partial charge is 0.657 e. The maximum absolute atomic E-state index is 13.5. The van der Waals surface area contributed by atoms with E-state index in [2.05, 4.69) is 134 Å². The Morgan fingerprint density at radius 2 is 0.642 bits per heavy atom. The van der Waals surface area contributed by atoms with Crippen molar-refractivity contribution in [2.45, 2.75) is 107 Å². The monoisotopic (exact) mass is 2550 g/mol. The van der Waals surface area contributed by atoms with Gasteiger partial charge >= 0.3 is 33.0 Å². The molecular formula is C98H84F6Ir3N10O4Pt2-4. The number of carboxylic acids is 2. The van der Waals surface area contributed by atoms with E-state index in [0.717, 1.165) is 137 Å². The van der Waals surface area contributed by atoms with Crippen LogP contribution in [0.1, 0.15) is 147 Å². The number of benzene rings is 5. The van der Waals surface area contributed by atoms with E-state index in [0.29, 0.717) is 28.2 Å². The Balaban J connectivity index is 0.000000274. The summed E-state index contributed by atoms with van der Waals surface area (Å²) in [5, 5.41) is 16.6. The Morgan fingerprint density at radius 3 is 0.919 bits per heavy atom. The van der Waals surface area contributed by atoms with Crippen LogP contribution in [0.2, 0.25) is 0 Å². The number of pyridine rings is 6. The van der Waals surface area contributed by atoms with Gasteiger partial charge in [0.15, 0.2) is 0 Å². The van der Waals surface area contributed by atoms with E-state index in [9.17, 15) is 35.9 Å². The first-order chi connectivity index (χ1) is 57.3. The second kappa shape index (κ2) is 52.2. The van der Waals surface area contributed by atoms with Crippen LogP contribution in [0, 0.1) is 59.2 Å². The van der Waals surface area contributed by atoms with E-state index in [-0.39, 0.29) is 137 Å². The van der Waals surface area contributed by atoms with Gasteiger partial charge in [0.05, 0.1) is 22.8 Å². The van der Waals surface area contributed by atoms with E-state index in [1.807, 2.05) is 60.7 Å². The van der Waals surface area contributed by atoms with Crippen molar-refractivity contribution in [3.63, 3.8) is 0 Å². The number of hydrogen-bond donors (Lipinski definition) is 2. The average molecular weight is 2550 g/mol. The number of aromatic nitrogens is 10. The molecule has 2 N–H and O–H groups in total. The molecule has 643 valence electrons. The van der Waals surface area contributed by atoms with E-state index >= 15 is 0 Å². The quantitative estimate of drug-likeness (QED) is 0.0724. The number of allylic oxidation sites excluding steroid dienone is 4. The fraction of sp³-hybridized carbons (Fsp3) is 0.163. The van der Waals surface area contributed by atoms with Gasteiger partial charge in [0.2, 0.25) is 0 Å².